The van der Waals surface area contributed by atoms with Gasteiger partial charge in [0.15, 0.2) is 24.9 Å². The smallest absolute Gasteiger partial charge is 0.322 e. The Morgan fingerprint density at radius 1 is 1.10 bits per heavy atom. The van der Waals surface area contributed by atoms with Gasteiger partial charge in [0, 0.05) is 6.26 Å². The van der Waals surface area contributed by atoms with Crippen LogP contribution in [0.1, 0.15) is 19.8 Å². The normalized spacial score (nSPS) is 13.9. The van der Waals surface area contributed by atoms with Crippen molar-refractivity contribution in [2.75, 3.05) is 6.26 Å². The monoisotopic (exact) mass is 320 g/mol. The van der Waals surface area contributed by atoms with E-state index < -0.39 is 30.9 Å². The van der Waals surface area contributed by atoms with Crippen LogP contribution in [0.25, 0.3) is 0 Å². The molecule has 0 aliphatic heterocycles. The van der Waals surface area contributed by atoms with E-state index in [1.165, 1.54) is 0 Å². The molecule has 6 nitrogen and oxygen atoms in total. The van der Waals surface area contributed by atoms with Crippen LogP contribution < -0.4 is 0 Å². The summed E-state index contributed by atoms with van der Waals surface area (Å²) in [5.41, 5.74) is 0. The lowest BCUT2D eigenvalue weighted by Gasteiger charge is -2.12. The van der Waals surface area contributed by atoms with Gasteiger partial charge in [-0.1, -0.05) is 13.3 Å². The number of rotatable bonds is 6. The number of hydrogen-bond donors (Lipinski definition) is 1. The number of aliphatic carboxylic acids is 1. The van der Waals surface area contributed by atoms with Crippen LogP contribution in [0.4, 0.5) is 0 Å². The van der Waals surface area contributed by atoms with Crippen LogP contribution in [0.5, 0.6) is 0 Å². The second kappa shape index (κ2) is 5.92. The molecule has 0 amide bonds. The van der Waals surface area contributed by atoms with E-state index in [1.807, 2.05) is 0 Å². The molecule has 1 rings (SSSR count). The molecule has 0 saturated carbocycles. The van der Waals surface area contributed by atoms with Gasteiger partial charge in [-0.2, -0.15) is 0 Å². The molecule has 0 spiro atoms. The summed E-state index contributed by atoms with van der Waals surface area (Å²) in [4.78, 5) is 10.9. The highest BCUT2D eigenvalue weighted by atomic mass is 32.2. The first-order valence-electron chi connectivity index (χ1n) is 5.87. The van der Waals surface area contributed by atoms with Crippen molar-refractivity contribution in [1.82, 2.24) is 0 Å². The molecule has 1 aromatic carbocycles. The van der Waals surface area contributed by atoms with Gasteiger partial charge in [0.1, 0.15) is 0 Å². The van der Waals surface area contributed by atoms with Crippen LogP contribution in [0.15, 0.2) is 34.1 Å². The number of hydrogen-bond acceptors (Lipinski definition) is 5. The molecule has 0 aliphatic carbocycles. The summed E-state index contributed by atoms with van der Waals surface area (Å²) in [7, 11) is -7.44. The van der Waals surface area contributed by atoms with E-state index >= 15 is 0 Å². The molecule has 1 N–H and O–H groups in total. The number of carbonyl (C=O) groups is 1. The molecule has 0 aliphatic rings. The van der Waals surface area contributed by atoms with Gasteiger partial charge in [-0.3, -0.25) is 4.79 Å². The van der Waals surface area contributed by atoms with Crippen molar-refractivity contribution >= 4 is 25.6 Å². The molecule has 8 heteroatoms. The Hall–Kier alpha value is -1.41. The topological polar surface area (TPSA) is 106 Å². The molecular formula is C12H16O6S2. The van der Waals surface area contributed by atoms with E-state index in [2.05, 4.69) is 0 Å². The molecule has 0 aromatic heterocycles. The lowest BCUT2D eigenvalue weighted by molar-refractivity contribution is -0.136. The van der Waals surface area contributed by atoms with Gasteiger partial charge in [-0.25, -0.2) is 16.8 Å². The molecule has 0 heterocycles. The highest BCUT2D eigenvalue weighted by Gasteiger charge is 2.33. The SMILES string of the molecule is CCCC(C(=O)O)S(=O)(=O)c1ccc(S(C)(=O)=O)cc1. The Balaban J connectivity index is 3.25. The zero-order valence-electron chi connectivity index (χ0n) is 11.1. The lowest BCUT2D eigenvalue weighted by atomic mass is 10.2. The summed E-state index contributed by atoms with van der Waals surface area (Å²) < 4.78 is 47.0. The average molecular weight is 320 g/mol. The Labute approximate surface area is 118 Å². The Bertz CT molecular complexity index is 686. The highest BCUT2D eigenvalue weighted by Crippen LogP contribution is 2.21. The van der Waals surface area contributed by atoms with Crippen molar-refractivity contribution in [2.24, 2.45) is 0 Å². The third-order valence-corrected chi connectivity index (χ3v) is 6.03. The van der Waals surface area contributed by atoms with Gasteiger partial charge < -0.3 is 5.11 Å². The van der Waals surface area contributed by atoms with Gasteiger partial charge in [0.2, 0.25) is 0 Å². The third kappa shape index (κ3) is 3.57. The summed E-state index contributed by atoms with van der Waals surface area (Å²) in [6, 6.07) is 4.56. The molecule has 0 saturated heterocycles. The first-order valence-corrected chi connectivity index (χ1v) is 9.31. The molecule has 0 radical (unpaired) electrons. The number of carboxylic acid groups (broad SMARTS) is 1. The van der Waals surface area contributed by atoms with Crippen LogP contribution in [-0.4, -0.2) is 39.4 Å². The molecule has 20 heavy (non-hydrogen) atoms. The summed E-state index contributed by atoms with van der Waals surface area (Å²) in [6.07, 6.45) is 1.43. The van der Waals surface area contributed by atoms with E-state index in [1.54, 1.807) is 6.92 Å². The third-order valence-electron chi connectivity index (χ3n) is 2.78. The first kappa shape index (κ1) is 16.6. The maximum atomic E-state index is 12.2. The highest BCUT2D eigenvalue weighted by molar-refractivity contribution is 7.92. The predicted molar refractivity (Wildman–Crippen MR) is 73.1 cm³/mol. The largest absolute Gasteiger partial charge is 0.480 e. The lowest BCUT2D eigenvalue weighted by Crippen LogP contribution is -2.30. The fourth-order valence-electron chi connectivity index (χ4n) is 1.71. The standard InChI is InChI=1S/C12H16O6S2/c1-3-4-11(12(13)14)20(17,18)10-7-5-9(6-8-10)19(2,15)16/h5-8,11H,3-4H2,1-2H3,(H,13,14). The number of sulfone groups is 2. The van der Waals surface area contributed by atoms with Gasteiger partial charge >= 0.3 is 5.97 Å². The van der Waals surface area contributed by atoms with E-state index in [0.29, 0.717) is 6.42 Å². The molecule has 0 bridgehead atoms. The van der Waals surface area contributed by atoms with E-state index in [9.17, 15) is 21.6 Å². The van der Waals surface area contributed by atoms with Gasteiger partial charge in [0.05, 0.1) is 9.79 Å². The number of benzene rings is 1. The summed E-state index contributed by atoms with van der Waals surface area (Å²) in [6.45, 7) is 1.69. The minimum absolute atomic E-state index is 0.00545. The van der Waals surface area contributed by atoms with Crippen LogP contribution in [0.2, 0.25) is 0 Å². The van der Waals surface area contributed by atoms with Gasteiger partial charge in [0.25, 0.3) is 0 Å². The van der Waals surface area contributed by atoms with Crippen LogP contribution in [0, 0.1) is 0 Å². The zero-order valence-corrected chi connectivity index (χ0v) is 12.7. The minimum Gasteiger partial charge on any atom is -0.480 e. The van der Waals surface area contributed by atoms with Crippen molar-refractivity contribution in [3.8, 4) is 0 Å². The second-order valence-corrected chi connectivity index (χ2v) is 8.55. The molecule has 0 fully saturated rings. The predicted octanol–water partition coefficient (Wildman–Crippen LogP) is 1.12. The molecular weight excluding hydrogens is 304 g/mol. The molecule has 112 valence electrons. The quantitative estimate of drug-likeness (QED) is 0.842. The number of carboxylic acids is 1. The van der Waals surface area contributed by atoms with E-state index in [4.69, 9.17) is 5.11 Å². The second-order valence-electron chi connectivity index (χ2n) is 4.40. The zero-order chi connectivity index (χ0) is 15.6. The van der Waals surface area contributed by atoms with Crippen molar-refractivity contribution in [3.05, 3.63) is 24.3 Å². The molecule has 1 aromatic rings. The van der Waals surface area contributed by atoms with Crippen LogP contribution in [0.3, 0.4) is 0 Å². The Kier molecular flexibility index (Phi) is 4.93. The van der Waals surface area contributed by atoms with Gasteiger partial charge in [-0.15, -0.1) is 0 Å². The summed E-state index contributed by atoms with van der Waals surface area (Å²) >= 11 is 0. The van der Waals surface area contributed by atoms with Crippen molar-refractivity contribution < 1.29 is 26.7 Å². The average Bonchev–Trinajstić information content (AvgIpc) is 2.34. The van der Waals surface area contributed by atoms with Crippen LogP contribution in [-0.2, 0) is 24.5 Å². The van der Waals surface area contributed by atoms with Crippen LogP contribution >= 0.6 is 0 Å². The maximum absolute atomic E-state index is 12.2. The Morgan fingerprint density at radius 3 is 1.90 bits per heavy atom. The minimum atomic E-state index is -4.02. The van der Waals surface area contributed by atoms with Crippen molar-refractivity contribution in [1.29, 1.82) is 0 Å². The van der Waals surface area contributed by atoms with E-state index in [-0.39, 0.29) is 16.2 Å². The molecule has 1 atom stereocenters. The fraction of sp³-hybridized carbons (Fsp3) is 0.417. The first-order chi connectivity index (χ1) is 9.10. The maximum Gasteiger partial charge on any atom is 0.322 e. The molecule has 1 unspecified atom stereocenters. The summed E-state index contributed by atoms with van der Waals surface area (Å²) in [5, 5.41) is 7.49. The van der Waals surface area contributed by atoms with E-state index in [0.717, 1.165) is 30.5 Å². The van der Waals surface area contributed by atoms with Crippen molar-refractivity contribution in [3.63, 3.8) is 0 Å². The fourth-order valence-corrected chi connectivity index (χ4v) is 4.00. The van der Waals surface area contributed by atoms with Crippen molar-refractivity contribution in [2.45, 2.75) is 34.8 Å². The summed E-state index contributed by atoms with van der Waals surface area (Å²) in [5.74, 6) is -1.40. The van der Waals surface area contributed by atoms with Gasteiger partial charge in [-0.05, 0) is 30.7 Å². The Morgan fingerprint density at radius 2 is 1.55 bits per heavy atom.